The quantitative estimate of drug-likeness (QED) is 0.476. The van der Waals surface area contributed by atoms with Crippen LogP contribution in [0.1, 0.15) is 35.5 Å². The molecule has 2 N–H and O–H groups in total. The zero-order valence-corrected chi connectivity index (χ0v) is 17.6. The Morgan fingerprint density at radius 2 is 2.00 bits per heavy atom. The summed E-state index contributed by atoms with van der Waals surface area (Å²) in [5.41, 5.74) is 1.86. The number of anilines is 1. The number of carbonyl (C=O) groups is 1. The van der Waals surface area contributed by atoms with E-state index < -0.39 is 0 Å². The number of amides is 1. The number of aromatic nitrogens is 3. The lowest BCUT2D eigenvalue weighted by atomic mass is 10.1. The van der Waals surface area contributed by atoms with Gasteiger partial charge in [0.25, 0.3) is 5.91 Å². The second kappa shape index (κ2) is 8.07. The summed E-state index contributed by atoms with van der Waals surface area (Å²) in [7, 11) is 0. The van der Waals surface area contributed by atoms with Crippen LogP contribution in [-0.2, 0) is 0 Å². The molecule has 4 aromatic rings. The van der Waals surface area contributed by atoms with E-state index >= 15 is 0 Å². The largest absolute Gasteiger partial charge is 0.421 e. The molecular formula is C22H20FN5O2S. The summed E-state index contributed by atoms with van der Waals surface area (Å²) in [6.45, 7) is 1.71. The van der Waals surface area contributed by atoms with E-state index in [1.807, 2.05) is 12.1 Å². The van der Waals surface area contributed by atoms with Crippen molar-refractivity contribution < 1.29 is 13.6 Å². The number of thiazole rings is 1. The molecule has 2 aromatic carbocycles. The van der Waals surface area contributed by atoms with Crippen molar-refractivity contribution in [2.45, 2.75) is 38.3 Å². The molecule has 9 heteroatoms. The number of hydrogen-bond acceptors (Lipinski definition) is 7. The van der Waals surface area contributed by atoms with Gasteiger partial charge in [-0.15, -0.1) is 10.2 Å². The van der Waals surface area contributed by atoms with Crippen molar-refractivity contribution in [2.24, 2.45) is 0 Å². The highest BCUT2D eigenvalue weighted by Crippen LogP contribution is 2.30. The van der Waals surface area contributed by atoms with Gasteiger partial charge in [0, 0.05) is 19.0 Å². The minimum atomic E-state index is -0.274. The van der Waals surface area contributed by atoms with Gasteiger partial charge < -0.3 is 15.1 Å². The molecule has 31 heavy (non-hydrogen) atoms. The van der Waals surface area contributed by atoms with Crippen molar-refractivity contribution in [3.63, 3.8) is 0 Å². The maximum atomic E-state index is 13.5. The van der Waals surface area contributed by atoms with Crippen LogP contribution in [0.5, 0.6) is 0 Å². The van der Waals surface area contributed by atoms with E-state index in [1.54, 1.807) is 25.1 Å². The molecule has 0 saturated heterocycles. The van der Waals surface area contributed by atoms with Crippen LogP contribution in [0.15, 0.2) is 46.9 Å². The molecule has 0 aliphatic heterocycles. The maximum Gasteiger partial charge on any atom is 0.252 e. The summed E-state index contributed by atoms with van der Waals surface area (Å²) in [5.74, 6) is 0.312. The molecule has 0 bridgehead atoms. The average Bonchev–Trinajstić information content (AvgIpc) is 3.48. The van der Waals surface area contributed by atoms with Gasteiger partial charge in [-0.3, -0.25) is 4.79 Å². The number of fused-ring (bicyclic) bond motifs is 1. The number of hydrogen-bond donors (Lipinski definition) is 2. The monoisotopic (exact) mass is 437 g/mol. The maximum absolute atomic E-state index is 13.5. The smallest absolute Gasteiger partial charge is 0.252 e. The Balaban J connectivity index is 1.33. The molecular weight excluding hydrogens is 417 g/mol. The van der Waals surface area contributed by atoms with Gasteiger partial charge in [0.15, 0.2) is 5.13 Å². The molecule has 7 nitrogen and oxygen atoms in total. The molecule has 1 aliphatic carbocycles. The number of aryl methyl sites for hydroxylation is 1. The molecule has 2 heterocycles. The van der Waals surface area contributed by atoms with Crippen molar-refractivity contribution in [2.75, 3.05) is 5.32 Å². The number of carbonyl (C=O) groups excluding carboxylic acids is 1. The van der Waals surface area contributed by atoms with Crippen molar-refractivity contribution in [1.82, 2.24) is 20.5 Å². The van der Waals surface area contributed by atoms with Gasteiger partial charge in [0.2, 0.25) is 11.8 Å². The number of nitrogens with zero attached hydrogens (tertiary/aromatic N) is 3. The molecule has 158 valence electrons. The van der Waals surface area contributed by atoms with Crippen LogP contribution in [0.2, 0.25) is 0 Å². The topological polar surface area (TPSA) is 92.9 Å². The molecule has 2 atom stereocenters. The molecule has 0 spiro atoms. The van der Waals surface area contributed by atoms with E-state index in [2.05, 4.69) is 25.8 Å². The summed E-state index contributed by atoms with van der Waals surface area (Å²) >= 11 is 1.42. The lowest BCUT2D eigenvalue weighted by Crippen LogP contribution is -2.43. The molecule has 0 unspecified atom stereocenters. The van der Waals surface area contributed by atoms with E-state index in [-0.39, 0.29) is 23.8 Å². The molecule has 1 aliphatic rings. The third-order valence-corrected chi connectivity index (χ3v) is 6.37. The first-order chi connectivity index (χ1) is 15.1. The van der Waals surface area contributed by atoms with Crippen molar-refractivity contribution >= 4 is 32.6 Å². The number of benzene rings is 2. The van der Waals surface area contributed by atoms with E-state index in [0.29, 0.717) is 22.9 Å². The van der Waals surface area contributed by atoms with Crippen molar-refractivity contribution in [3.8, 4) is 11.5 Å². The van der Waals surface area contributed by atoms with Gasteiger partial charge in [-0.2, -0.15) is 0 Å². The third-order valence-electron chi connectivity index (χ3n) is 5.42. The Morgan fingerprint density at radius 1 is 1.16 bits per heavy atom. The van der Waals surface area contributed by atoms with Crippen LogP contribution in [0, 0.1) is 12.7 Å². The summed E-state index contributed by atoms with van der Waals surface area (Å²) < 4.78 is 19.8. The molecule has 2 aromatic heterocycles. The summed E-state index contributed by atoms with van der Waals surface area (Å²) in [5, 5.41) is 15.2. The van der Waals surface area contributed by atoms with Crippen LogP contribution in [-0.4, -0.2) is 33.2 Å². The molecule has 1 fully saturated rings. The van der Waals surface area contributed by atoms with Crippen LogP contribution in [0.3, 0.4) is 0 Å². The highest BCUT2D eigenvalue weighted by atomic mass is 32.1. The first kappa shape index (κ1) is 19.6. The Bertz CT molecular complexity index is 1250. The average molecular weight is 438 g/mol. The minimum Gasteiger partial charge on any atom is -0.421 e. The number of rotatable bonds is 5. The fourth-order valence-electron chi connectivity index (χ4n) is 3.94. The van der Waals surface area contributed by atoms with Gasteiger partial charge in [0.1, 0.15) is 5.82 Å². The highest BCUT2D eigenvalue weighted by molar-refractivity contribution is 7.22. The van der Waals surface area contributed by atoms with Gasteiger partial charge in [0.05, 0.1) is 21.3 Å². The van der Waals surface area contributed by atoms with E-state index in [0.717, 1.165) is 34.6 Å². The molecule has 1 saturated carbocycles. The van der Waals surface area contributed by atoms with Crippen LogP contribution in [0.25, 0.3) is 21.7 Å². The van der Waals surface area contributed by atoms with E-state index in [4.69, 9.17) is 4.42 Å². The predicted molar refractivity (Wildman–Crippen MR) is 117 cm³/mol. The number of nitrogens with one attached hydrogen (secondary N) is 2. The van der Waals surface area contributed by atoms with Gasteiger partial charge in [-0.25, -0.2) is 9.37 Å². The van der Waals surface area contributed by atoms with E-state index in [9.17, 15) is 9.18 Å². The summed E-state index contributed by atoms with van der Waals surface area (Å²) in [4.78, 5) is 17.6. The van der Waals surface area contributed by atoms with Crippen LogP contribution < -0.4 is 10.6 Å². The normalized spacial score (nSPS) is 18.4. The second-order valence-electron chi connectivity index (χ2n) is 7.56. The summed E-state index contributed by atoms with van der Waals surface area (Å²) in [6, 6.07) is 11.8. The third kappa shape index (κ3) is 4.00. The van der Waals surface area contributed by atoms with Crippen LogP contribution >= 0.6 is 11.3 Å². The second-order valence-corrected chi connectivity index (χ2v) is 8.60. The fraction of sp³-hybridized carbons (Fsp3) is 0.273. The minimum absolute atomic E-state index is 0.0475. The number of halogens is 1. The highest BCUT2D eigenvalue weighted by Gasteiger charge is 2.30. The zero-order chi connectivity index (χ0) is 21.4. The first-order valence-corrected chi connectivity index (χ1v) is 10.9. The van der Waals surface area contributed by atoms with Crippen LogP contribution in [0.4, 0.5) is 9.52 Å². The summed E-state index contributed by atoms with van der Waals surface area (Å²) in [6.07, 6.45) is 2.77. The van der Waals surface area contributed by atoms with Crippen molar-refractivity contribution in [1.29, 1.82) is 0 Å². The zero-order valence-electron chi connectivity index (χ0n) is 16.8. The van der Waals surface area contributed by atoms with Crippen molar-refractivity contribution in [3.05, 3.63) is 59.7 Å². The Kier molecular flexibility index (Phi) is 5.11. The van der Waals surface area contributed by atoms with Gasteiger partial charge in [-0.1, -0.05) is 23.5 Å². The first-order valence-electron chi connectivity index (χ1n) is 10.1. The lowest BCUT2D eigenvalue weighted by Gasteiger charge is -2.22. The Labute approximate surface area is 181 Å². The predicted octanol–water partition coefficient (Wildman–Crippen LogP) is 4.56. The fourth-order valence-corrected chi connectivity index (χ4v) is 4.90. The Morgan fingerprint density at radius 3 is 2.84 bits per heavy atom. The SMILES string of the molecule is Cc1nnc(-c2ccccc2C(=O)N[C@H]2CCC[C@H]2Nc2nc3ccc(F)cc3s2)o1. The van der Waals surface area contributed by atoms with E-state index in [1.165, 1.54) is 23.5 Å². The Hall–Kier alpha value is -3.33. The molecule has 1 amide bonds. The standard InChI is InChI=1S/C22H20FN5O2S/c1-12-27-28-21(30-12)15-6-3-2-5-14(15)20(29)24-16-7-4-8-17(16)25-22-26-18-10-9-13(23)11-19(18)31-22/h2-3,5-6,9-11,16-17H,4,7-8H2,1H3,(H,24,29)(H,25,26)/t16-,17+/m0/s1. The molecule has 0 radical (unpaired) electrons. The lowest BCUT2D eigenvalue weighted by molar-refractivity contribution is 0.0936. The van der Waals surface area contributed by atoms with Gasteiger partial charge >= 0.3 is 0 Å². The van der Waals surface area contributed by atoms with Gasteiger partial charge in [-0.05, 0) is 49.6 Å². The molecule has 5 rings (SSSR count).